The Balaban J connectivity index is 3.23. The molecule has 1 rings (SSSR count). The topological polar surface area (TPSA) is 29.3 Å². The van der Waals surface area contributed by atoms with Crippen LogP contribution in [0.4, 0.5) is 5.69 Å². The first-order valence-corrected chi connectivity index (χ1v) is 6.59. The Labute approximate surface area is 110 Å². The van der Waals surface area contributed by atoms with Crippen molar-refractivity contribution < 1.29 is 0 Å². The zero-order valence-corrected chi connectivity index (χ0v) is 12.0. The van der Waals surface area contributed by atoms with Gasteiger partial charge in [0.2, 0.25) is 0 Å². The van der Waals surface area contributed by atoms with Gasteiger partial charge in [-0.3, -0.25) is 0 Å². The first-order chi connectivity index (χ1) is 8.01. The Morgan fingerprint density at radius 2 is 2.06 bits per heavy atom. The van der Waals surface area contributed by atoms with Gasteiger partial charge in [0.25, 0.3) is 0 Å². The number of aryl methyl sites for hydroxylation is 1. The summed E-state index contributed by atoms with van der Waals surface area (Å²) in [6.07, 6.45) is 1.11. The van der Waals surface area contributed by atoms with Gasteiger partial charge in [0.05, 0.1) is 0 Å². The molecule has 17 heavy (non-hydrogen) atoms. The summed E-state index contributed by atoms with van der Waals surface area (Å²) in [5.74, 6) is 0. The summed E-state index contributed by atoms with van der Waals surface area (Å²) in [6, 6.07) is 6.81. The molecule has 0 saturated heterocycles. The normalized spacial score (nSPS) is 12.2. The molecule has 0 fully saturated rings. The number of thiocarbonyl (C=S) groups is 1. The average molecular weight is 250 g/mol. The van der Waals surface area contributed by atoms with Crippen LogP contribution in [0, 0.1) is 6.92 Å². The fraction of sp³-hybridized carbons (Fsp3) is 0.500. The van der Waals surface area contributed by atoms with Crippen LogP contribution in [0.25, 0.3) is 0 Å². The SMILES string of the molecule is CCC(C)N(CC)c1ccc(C)cc1C(N)=S. The summed E-state index contributed by atoms with van der Waals surface area (Å²) in [4.78, 5) is 2.83. The summed E-state index contributed by atoms with van der Waals surface area (Å²) in [5, 5.41) is 0. The number of hydrogen-bond acceptors (Lipinski definition) is 2. The predicted octanol–water partition coefficient (Wildman–Crippen LogP) is 3.25. The fourth-order valence-electron chi connectivity index (χ4n) is 2.04. The van der Waals surface area contributed by atoms with E-state index in [1.54, 1.807) is 0 Å². The minimum Gasteiger partial charge on any atom is -0.389 e. The maximum Gasteiger partial charge on any atom is 0.106 e. The lowest BCUT2D eigenvalue weighted by Gasteiger charge is -2.31. The Bertz CT molecular complexity index is 401. The average Bonchev–Trinajstić information content (AvgIpc) is 2.31. The van der Waals surface area contributed by atoms with Crippen molar-refractivity contribution in [2.45, 2.75) is 40.2 Å². The third-order valence-corrected chi connectivity index (χ3v) is 3.41. The van der Waals surface area contributed by atoms with Gasteiger partial charge in [-0.1, -0.05) is 30.8 Å². The van der Waals surface area contributed by atoms with E-state index in [2.05, 4.69) is 50.8 Å². The van der Waals surface area contributed by atoms with E-state index in [4.69, 9.17) is 18.0 Å². The van der Waals surface area contributed by atoms with Crippen LogP contribution in [-0.4, -0.2) is 17.6 Å². The molecule has 0 aliphatic rings. The minimum absolute atomic E-state index is 0.477. The summed E-state index contributed by atoms with van der Waals surface area (Å²) < 4.78 is 0. The minimum atomic E-state index is 0.477. The Hall–Kier alpha value is -1.09. The number of nitrogens with zero attached hydrogens (tertiary/aromatic N) is 1. The summed E-state index contributed by atoms with van der Waals surface area (Å²) >= 11 is 5.15. The molecule has 1 aromatic rings. The van der Waals surface area contributed by atoms with Gasteiger partial charge in [-0.2, -0.15) is 0 Å². The monoisotopic (exact) mass is 250 g/mol. The largest absolute Gasteiger partial charge is 0.389 e. The molecule has 1 atom stereocenters. The molecule has 1 unspecified atom stereocenters. The van der Waals surface area contributed by atoms with E-state index in [0.717, 1.165) is 24.2 Å². The van der Waals surface area contributed by atoms with Crippen molar-refractivity contribution in [2.24, 2.45) is 5.73 Å². The molecular weight excluding hydrogens is 228 g/mol. The predicted molar refractivity (Wildman–Crippen MR) is 79.8 cm³/mol. The van der Waals surface area contributed by atoms with E-state index in [1.807, 2.05) is 0 Å². The van der Waals surface area contributed by atoms with Crippen LogP contribution < -0.4 is 10.6 Å². The summed E-state index contributed by atoms with van der Waals surface area (Å²) in [5.41, 5.74) is 9.15. The molecular formula is C14H22N2S. The van der Waals surface area contributed by atoms with Crippen LogP contribution in [0.15, 0.2) is 18.2 Å². The van der Waals surface area contributed by atoms with Crippen molar-refractivity contribution >= 4 is 22.9 Å². The van der Waals surface area contributed by atoms with Crippen molar-refractivity contribution in [3.8, 4) is 0 Å². The molecule has 0 saturated carbocycles. The summed E-state index contributed by atoms with van der Waals surface area (Å²) in [7, 11) is 0. The van der Waals surface area contributed by atoms with Crippen LogP contribution in [0.3, 0.4) is 0 Å². The fourth-order valence-corrected chi connectivity index (χ4v) is 2.20. The van der Waals surface area contributed by atoms with Gasteiger partial charge < -0.3 is 10.6 Å². The molecule has 0 bridgehead atoms. The van der Waals surface area contributed by atoms with Crippen LogP contribution in [-0.2, 0) is 0 Å². The van der Waals surface area contributed by atoms with Gasteiger partial charge >= 0.3 is 0 Å². The third-order valence-electron chi connectivity index (χ3n) is 3.19. The van der Waals surface area contributed by atoms with Gasteiger partial charge in [0.1, 0.15) is 4.99 Å². The lowest BCUT2D eigenvalue weighted by Crippen LogP contribution is -2.34. The van der Waals surface area contributed by atoms with E-state index < -0.39 is 0 Å². The maximum atomic E-state index is 5.82. The Morgan fingerprint density at radius 1 is 1.41 bits per heavy atom. The molecule has 3 heteroatoms. The second kappa shape index (κ2) is 6.01. The van der Waals surface area contributed by atoms with Gasteiger partial charge in [-0.15, -0.1) is 0 Å². The van der Waals surface area contributed by atoms with Crippen molar-refractivity contribution in [1.29, 1.82) is 0 Å². The summed E-state index contributed by atoms with van der Waals surface area (Å²) in [6.45, 7) is 9.61. The van der Waals surface area contributed by atoms with E-state index in [9.17, 15) is 0 Å². The number of rotatable bonds is 5. The number of anilines is 1. The zero-order chi connectivity index (χ0) is 13.0. The third kappa shape index (κ3) is 3.19. The molecule has 94 valence electrons. The van der Waals surface area contributed by atoms with Crippen LogP contribution in [0.5, 0.6) is 0 Å². The van der Waals surface area contributed by atoms with Crippen molar-refractivity contribution in [2.75, 3.05) is 11.4 Å². The molecule has 1 aromatic carbocycles. The Kier molecular flexibility index (Phi) is 4.94. The first kappa shape index (κ1) is 14.0. The molecule has 0 aromatic heterocycles. The highest BCUT2D eigenvalue weighted by Gasteiger charge is 2.15. The number of nitrogens with two attached hydrogens (primary N) is 1. The second-order valence-electron chi connectivity index (χ2n) is 4.43. The molecule has 0 aliphatic carbocycles. The standard InChI is InChI=1S/C14H22N2S/c1-5-11(4)16(6-2)13-8-7-10(3)9-12(13)14(15)17/h7-9,11H,5-6H2,1-4H3,(H2,15,17). The molecule has 0 heterocycles. The van der Waals surface area contributed by atoms with E-state index >= 15 is 0 Å². The maximum absolute atomic E-state index is 5.82. The molecule has 0 radical (unpaired) electrons. The quantitative estimate of drug-likeness (QED) is 0.813. The van der Waals surface area contributed by atoms with Gasteiger partial charge in [-0.25, -0.2) is 0 Å². The van der Waals surface area contributed by atoms with Crippen LogP contribution in [0.2, 0.25) is 0 Å². The molecule has 0 amide bonds. The Morgan fingerprint density at radius 3 is 2.53 bits per heavy atom. The number of benzene rings is 1. The lowest BCUT2D eigenvalue weighted by atomic mass is 10.1. The van der Waals surface area contributed by atoms with E-state index in [0.29, 0.717) is 11.0 Å². The smallest absolute Gasteiger partial charge is 0.106 e. The highest BCUT2D eigenvalue weighted by atomic mass is 32.1. The highest BCUT2D eigenvalue weighted by Crippen LogP contribution is 2.24. The van der Waals surface area contributed by atoms with Crippen molar-refractivity contribution in [3.63, 3.8) is 0 Å². The first-order valence-electron chi connectivity index (χ1n) is 6.18. The number of hydrogen-bond donors (Lipinski definition) is 1. The van der Waals surface area contributed by atoms with Crippen LogP contribution in [0.1, 0.15) is 38.3 Å². The highest BCUT2D eigenvalue weighted by molar-refractivity contribution is 7.80. The molecule has 0 spiro atoms. The zero-order valence-electron chi connectivity index (χ0n) is 11.2. The van der Waals surface area contributed by atoms with Crippen molar-refractivity contribution in [3.05, 3.63) is 29.3 Å². The lowest BCUT2D eigenvalue weighted by molar-refractivity contribution is 0.629. The second-order valence-corrected chi connectivity index (χ2v) is 4.87. The molecule has 0 aliphatic heterocycles. The molecule has 2 N–H and O–H groups in total. The van der Waals surface area contributed by atoms with Gasteiger partial charge in [0.15, 0.2) is 0 Å². The van der Waals surface area contributed by atoms with Crippen molar-refractivity contribution in [1.82, 2.24) is 0 Å². The van der Waals surface area contributed by atoms with Crippen LogP contribution >= 0.6 is 12.2 Å². The van der Waals surface area contributed by atoms with E-state index in [1.165, 1.54) is 5.56 Å². The van der Waals surface area contributed by atoms with Gasteiger partial charge in [0, 0.05) is 23.8 Å². The van der Waals surface area contributed by atoms with E-state index in [-0.39, 0.29) is 0 Å². The molecule has 2 nitrogen and oxygen atoms in total. The van der Waals surface area contributed by atoms with Gasteiger partial charge in [-0.05, 0) is 39.3 Å².